The molecule has 0 N–H and O–H groups in total. The number of hydrogen-bond donors (Lipinski definition) is 0. The van der Waals surface area contributed by atoms with Gasteiger partial charge in [-0.3, -0.25) is 0 Å². The minimum Gasteiger partial charge on any atom is -0.492 e. The summed E-state index contributed by atoms with van der Waals surface area (Å²) >= 11 is 11.2. The van der Waals surface area contributed by atoms with Crippen molar-refractivity contribution in [2.24, 2.45) is 14.1 Å². The van der Waals surface area contributed by atoms with E-state index in [9.17, 15) is 0 Å². The van der Waals surface area contributed by atoms with Gasteiger partial charge in [-0.05, 0) is 110 Å². The molecule has 10 heteroatoms. The monoisotopic (exact) mass is 1210 g/mol. The summed E-state index contributed by atoms with van der Waals surface area (Å²) in [6.07, 6.45) is 37.5. The minimum atomic E-state index is 0.718. The lowest BCUT2D eigenvalue weighted by Crippen LogP contribution is -2.00. The van der Waals surface area contributed by atoms with Crippen LogP contribution in [0.3, 0.4) is 0 Å². The van der Waals surface area contributed by atoms with Crippen LogP contribution >= 0.6 is 68.9 Å². The Labute approximate surface area is 520 Å². The van der Waals surface area contributed by atoms with Crippen LogP contribution in [0.1, 0.15) is 193 Å². The maximum Gasteiger partial charge on any atom is 0.140 e. The van der Waals surface area contributed by atoms with E-state index in [1.165, 1.54) is 235 Å². The third-order valence-electron chi connectivity index (χ3n) is 16.3. The van der Waals surface area contributed by atoms with Crippen molar-refractivity contribution in [2.45, 2.75) is 203 Å². The summed E-state index contributed by atoms with van der Waals surface area (Å²) in [4.78, 5) is 7.55. The molecule has 8 aromatic rings. The molecule has 0 saturated carbocycles. The molecular formula is C72H96N2O2S6. The molecule has 0 bridgehead atoms. The van der Waals surface area contributed by atoms with Crippen LogP contribution in [0.2, 0.25) is 0 Å². The van der Waals surface area contributed by atoms with Crippen LogP contribution in [0, 0.1) is 0 Å². The molecule has 0 fully saturated rings. The van der Waals surface area contributed by atoms with Crippen LogP contribution in [0.15, 0.2) is 105 Å². The van der Waals surface area contributed by atoms with Crippen molar-refractivity contribution in [2.75, 3.05) is 25.7 Å². The quantitative estimate of drug-likeness (QED) is 0.0284. The molecule has 0 atom stereocenters. The highest BCUT2D eigenvalue weighted by atomic mass is 32.2. The van der Waals surface area contributed by atoms with E-state index >= 15 is 0 Å². The molecule has 0 aliphatic carbocycles. The first-order valence-corrected chi connectivity index (χ1v) is 37.4. The summed E-state index contributed by atoms with van der Waals surface area (Å²) in [6.45, 7) is 10.6. The Morgan fingerprint density at radius 3 is 1.16 bits per heavy atom. The average Bonchev–Trinajstić information content (AvgIpc) is 3.91. The Hall–Kier alpha value is -3.90. The standard InChI is InChI=1S/C72H96N2O2S6/c1-9-13-17-21-25-29-33-53-35-39-55(40-36-53)57-49-65(79-69(57)59-43-44-60(73(59)5)70-58(50-67(77-7)81-70)56-41-37-54(38-42-56)34-30-26-22-18-14-10-2)66-51-63(75-47-31-27-23-19-15-11-3)71(80-66)61-45-46-62(74(61)6)72-64(52-68(78-8)82-72)76-48-32-28-24-20-16-12-4/h35-46,49-52H,9-34,47-48H2,1-8H3. The number of thiophene rings is 4. The van der Waals surface area contributed by atoms with Crippen LogP contribution in [0.25, 0.3) is 74.3 Å². The van der Waals surface area contributed by atoms with Gasteiger partial charge in [0.15, 0.2) is 0 Å². The highest BCUT2D eigenvalue weighted by molar-refractivity contribution is 8.00. The van der Waals surface area contributed by atoms with Crippen LogP contribution < -0.4 is 9.47 Å². The largest absolute Gasteiger partial charge is 0.492 e. The van der Waals surface area contributed by atoms with E-state index in [0.29, 0.717) is 0 Å². The predicted molar refractivity (Wildman–Crippen MR) is 369 cm³/mol. The Morgan fingerprint density at radius 1 is 0.354 bits per heavy atom. The van der Waals surface area contributed by atoms with Crippen molar-refractivity contribution in [1.82, 2.24) is 9.13 Å². The topological polar surface area (TPSA) is 28.3 Å². The number of aromatic nitrogens is 2. The first-order chi connectivity index (χ1) is 40.3. The van der Waals surface area contributed by atoms with Crippen LogP contribution in [-0.2, 0) is 26.9 Å². The summed E-state index contributed by atoms with van der Waals surface area (Å²) < 4.78 is 21.0. The van der Waals surface area contributed by atoms with Gasteiger partial charge in [-0.1, -0.05) is 205 Å². The number of nitrogens with zero attached hydrogens (tertiary/aromatic N) is 2. The molecule has 0 spiro atoms. The van der Waals surface area contributed by atoms with Gasteiger partial charge in [0.2, 0.25) is 0 Å². The van der Waals surface area contributed by atoms with Crippen molar-refractivity contribution in [3.8, 4) is 85.8 Å². The highest BCUT2D eigenvalue weighted by Gasteiger charge is 2.25. The molecule has 8 rings (SSSR count). The number of thioether (sulfide) groups is 2. The fourth-order valence-electron chi connectivity index (χ4n) is 11.3. The fourth-order valence-corrected chi connectivity index (χ4v) is 17.3. The summed E-state index contributed by atoms with van der Waals surface area (Å²) in [5, 5.41) is 0. The Balaban J connectivity index is 1.14. The second-order valence-corrected chi connectivity index (χ2v) is 29.0. The first kappa shape index (κ1) is 64.1. The molecular weight excluding hydrogens is 1120 g/mol. The highest BCUT2D eigenvalue weighted by Crippen LogP contribution is 2.52. The summed E-state index contributed by atoms with van der Waals surface area (Å²) in [5.41, 5.74) is 12.9. The first-order valence-electron chi connectivity index (χ1n) is 31.7. The maximum absolute atomic E-state index is 6.94. The molecule has 82 heavy (non-hydrogen) atoms. The lowest BCUT2D eigenvalue weighted by atomic mass is 10.00. The van der Waals surface area contributed by atoms with Gasteiger partial charge in [-0.25, -0.2) is 0 Å². The molecule has 0 unspecified atom stereocenters. The molecule has 0 radical (unpaired) electrons. The lowest BCUT2D eigenvalue weighted by Gasteiger charge is -2.11. The van der Waals surface area contributed by atoms with Crippen molar-refractivity contribution in [1.29, 1.82) is 0 Å². The molecule has 0 saturated heterocycles. The summed E-state index contributed by atoms with van der Waals surface area (Å²) in [6, 6.07) is 38.0. The maximum atomic E-state index is 6.94. The van der Waals surface area contributed by atoms with Crippen LogP contribution in [0.4, 0.5) is 0 Å². The molecule has 0 aliphatic rings. The minimum absolute atomic E-state index is 0.718. The third kappa shape index (κ3) is 17.6. The second-order valence-electron chi connectivity index (χ2n) is 22.6. The van der Waals surface area contributed by atoms with Gasteiger partial charge < -0.3 is 18.6 Å². The molecule has 442 valence electrons. The molecule has 6 heterocycles. The van der Waals surface area contributed by atoms with Gasteiger partial charge in [0.25, 0.3) is 0 Å². The fraction of sp³-hybridized carbons (Fsp3) is 0.500. The van der Waals surface area contributed by atoms with Crippen molar-refractivity contribution >= 4 is 68.9 Å². The van der Waals surface area contributed by atoms with Crippen molar-refractivity contribution in [3.05, 3.63) is 108 Å². The number of unbranched alkanes of at least 4 members (excludes halogenated alkanes) is 20. The Kier molecular flexibility index (Phi) is 26.8. The van der Waals surface area contributed by atoms with Crippen molar-refractivity contribution < 1.29 is 9.47 Å². The van der Waals surface area contributed by atoms with E-state index in [1.807, 2.05) is 57.1 Å². The van der Waals surface area contributed by atoms with Gasteiger partial charge in [0.05, 0.1) is 63.9 Å². The van der Waals surface area contributed by atoms with Gasteiger partial charge >= 0.3 is 0 Å². The third-order valence-corrected chi connectivity index (χ3v) is 23.2. The zero-order valence-corrected chi connectivity index (χ0v) is 56.1. The zero-order chi connectivity index (χ0) is 57.5. The smallest absolute Gasteiger partial charge is 0.140 e. The number of rotatable bonds is 39. The number of benzene rings is 2. The van der Waals surface area contributed by atoms with Gasteiger partial charge in [-0.2, -0.15) is 0 Å². The van der Waals surface area contributed by atoms with E-state index in [-0.39, 0.29) is 0 Å². The molecule has 0 aliphatic heterocycles. The van der Waals surface area contributed by atoms with Gasteiger partial charge in [0.1, 0.15) is 11.5 Å². The second kappa shape index (κ2) is 34.3. The summed E-state index contributed by atoms with van der Waals surface area (Å²) in [5.74, 6) is 1.99. The van der Waals surface area contributed by atoms with E-state index < -0.39 is 0 Å². The average molecular weight is 1210 g/mol. The zero-order valence-electron chi connectivity index (χ0n) is 51.2. The van der Waals surface area contributed by atoms with E-state index in [1.54, 1.807) is 11.8 Å². The number of hydrogen-bond acceptors (Lipinski definition) is 8. The Bertz CT molecular complexity index is 3100. The SMILES string of the molecule is CCCCCCCCOc1cc(SC)sc1-c1ccc(-c2sc(-c3cc(-c4ccc(CCCCCCCC)cc4)c(-c4ccc(-c5sc(SC)cc5-c5ccc(CCCCCCCC)cc5)n4C)s3)cc2OCCCCCCCC)n1C. The molecule has 0 amide bonds. The van der Waals surface area contributed by atoms with Crippen LogP contribution in [-0.4, -0.2) is 34.9 Å². The molecule has 2 aromatic carbocycles. The van der Waals surface area contributed by atoms with E-state index in [0.717, 1.165) is 50.4 Å². The Morgan fingerprint density at radius 2 is 0.695 bits per heavy atom. The summed E-state index contributed by atoms with van der Waals surface area (Å²) in [7, 11) is 4.52. The normalized spacial score (nSPS) is 11.7. The molecule has 4 nitrogen and oxygen atoms in total. The van der Waals surface area contributed by atoms with Gasteiger partial charge in [-0.15, -0.1) is 68.9 Å². The van der Waals surface area contributed by atoms with Crippen LogP contribution in [0.5, 0.6) is 11.5 Å². The van der Waals surface area contributed by atoms with Gasteiger partial charge in [0, 0.05) is 47.1 Å². The number of ether oxygens (including phenoxy) is 2. The van der Waals surface area contributed by atoms with Crippen molar-refractivity contribution in [3.63, 3.8) is 0 Å². The lowest BCUT2D eigenvalue weighted by molar-refractivity contribution is 0.306. The van der Waals surface area contributed by atoms with E-state index in [2.05, 4.69) is 160 Å². The molecule has 6 aromatic heterocycles. The number of aryl methyl sites for hydroxylation is 2. The van der Waals surface area contributed by atoms with E-state index in [4.69, 9.17) is 9.47 Å². The predicted octanol–water partition coefficient (Wildman–Crippen LogP) is 25.0.